The van der Waals surface area contributed by atoms with Crippen LogP contribution in [0.5, 0.6) is 0 Å². The Hall–Kier alpha value is -3.95. The molecule has 1 fully saturated rings. The minimum Gasteiger partial charge on any atom is -0.465 e. The zero-order valence-corrected chi connectivity index (χ0v) is 49.5. The summed E-state index contributed by atoms with van der Waals surface area (Å²) in [6, 6.07) is -1.18. The molecule has 0 saturated carbocycles. The maximum absolute atomic E-state index is 14.0. The van der Waals surface area contributed by atoms with E-state index >= 15 is 0 Å². The van der Waals surface area contributed by atoms with Crippen LogP contribution in [-0.4, -0.2) is 130 Å². The number of likely N-dealkylation sites (tertiary alicyclic amines) is 1. The second-order valence-electron chi connectivity index (χ2n) is 21.6. The summed E-state index contributed by atoms with van der Waals surface area (Å²) in [5.41, 5.74) is 0. The van der Waals surface area contributed by atoms with Crippen molar-refractivity contribution < 1.29 is 66.7 Å². The van der Waals surface area contributed by atoms with Crippen LogP contribution in [0.15, 0.2) is 0 Å². The van der Waals surface area contributed by atoms with Gasteiger partial charge in [0.25, 0.3) is 0 Å². The van der Waals surface area contributed by atoms with Crippen LogP contribution in [0.1, 0.15) is 260 Å². The smallest absolute Gasteiger partial charge is 0.410 e. The Bertz CT molecular complexity index is 1380. The summed E-state index contributed by atoms with van der Waals surface area (Å²) in [6.45, 7) is 14.5. The maximum atomic E-state index is 14.0. The highest BCUT2D eigenvalue weighted by atomic mass is 16.6. The standard InChI is InChI=1S/C61H110N2O14/c1-7-13-17-21-25-29-33-55(64)72-45-51(46-73-56(65)34-30-26-22-18-14-8-2)43-59(68)76-49-53-37-38-54(63(53)61(70)71-42-41-62(39-11-5)40-12-6)50-77-60(69)44-52(47-74-57(66)35-31-27-23-19-15-9-3)48-75-58(67)36-32-28-24-20-16-10-4/h51-54H,7-50H2,1-6H3/t53-,54+. The fourth-order valence-corrected chi connectivity index (χ4v) is 9.52. The summed E-state index contributed by atoms with van der Waals surface area (Å²) in [4.78, 5) is 95.8. The average Bonchev–Trinajstić information content (AvgIpc) is 3.83. The van der Waals surface area contributed by atoms with Crippen LogP contribution in [0.3, 0.4) is 0 Å². The van der Waals surface area contributed by atoms with E-state index in [2.05, 4.69) is 46.4 Å². The number of amides is 1. The lowest BCUT2D eigenvalue weighted by Gasteiger charge is -2.30. The number of ether oxygens (including phenoxy) is 7. The number of nitrogens with zero attached hydrogens (tertiary/aromatic N) is 2. The van der Waals surface area contributed by atoms with Crippen LogP contribution in [0.2, 0.25) is 0 Å². The van der Waals surface area contributed by atoms with Crippen LogP contribution in [0, 0.1) is 11.8 Å². The van der Waals surface area contributed by atoms with Gasteiger partial charge in [0.2, 0.25) is 0 Å². The summed E-state index contributed by atoms with van der Waals surface area (Å²) in [7, 11) is 0. The zero-order chi connectivity index (χ0) is 56.6. The van der Waals surface area contributed by atoms with E-state index in [1.807, 2.05) is 0 Å². The highest BCUT2D eigenvalue weighted by molar-refractivity contribution is 5.73. The van der Waals surface area contributed by atoms with E-state index in [0.717, 1.165) is 129 Å². The molecule has 16 heteroatoms. The molecule has 0 aromatic rings. The molecule has 0 N–H and O–H groups in total. The van der Waals surface area contributed by atoms with Gasteiger partial charge in [-0.3, -0.25) is 38.6 Å². The van der Waals surface area contributed by atoms with Gasteiger partial charge in [0.15, 0.2) is 0 Å². The summed E-state index contributed by atoms with van der Waals surface area (Å²) < 4.78 is 39.9. The molecule has 0 bridgehead atoms. The minimum atomic E-state index is -0.632. The van der Waals surface area contributed by atoms with E-state index < -0.39 is 42.0 Å². The summed E-state index contributed by atoms with van der Waals surface area (Å²) in [5, 5.41) is 0. The van der Waals surface area contributed by atoms with Crippen molar-refractivity contribution in [2.75, 3.05) is 65.9 Å². The monoisotopic (exact) mass is 1090 g/mol. The van der Waals surface area contributed by atoms with Crippen LogP contribution in [0.4, 0.5) is 4.79 Å². The van der Waals surface area contributed by atoms with E-state index in [-0.39, 0.29) is 109 Å². The number of hydrogen-bond acceptors (Lipinski definition) is 15. The summed E-state index contributed by atoms with van der Waals surface area (Å²) in [6.07, 6.45) is 27.4. The molecule has 77 heavy (non-hydrogen) atoms. The minimum absolute atomic E-state index is 0.111. The predicted molar refractivity (Wildman–Crippen MR) is 301 cm³/mol. The summed E-state index contributed by atoms with van der Waals surface area (Å²) in [5.74, 6) is -3.92. The molecule has 0 radical (unpaired) electrons. The van der Waals surface area contributed by atoms with Crippen LogP contribution in [-0.2, 0) is 61.9 Å². The first-order valence-electron chi connectivity index (χ1n) is 31.0. The molecule has 1 aliphatic rings. The first-order valence-corrected chi connectivity index (χ1v) is 31.0. The van der Waals surface area contributed by atoms with E-state index in [1.54, 1.807) is 0 Å². The molecule has 1 heterocycles. The van der Waals surface area contributed by atoms with Crippen molar-refractivity contribution in [1.82, 2.24) is 9.80 Å². The average molecular weight is 1100 g/mol. The molecule has 16 nitrogen and oxygen atoms in total. The van der Waals surface area contributed by atoms with Gasteiger partial charge in [-0.25, -0.2) is 4.79 Å². The molecular weight excluding hydrogens is 985 g/mol. The molecular formula is C61H110N2O14. The maximum Gasteiger partial charge on any atom is 0.410 e. The Morgan fingerprint density at radius 2 is 0.662 bits per heavy atom. The fourth-order valence-electron chi connectivity index (χ4n) is 9.52. The first-order chi connectivity index (χ1) is 37.4. The molecule has 1 rings (SSSR count). The van der Waals surface area contributed by atoms with Gasteiger partial charge in [-0.05, 0) is 64.5 Å². The molecule has 1 amide bonds. The van der Waals surface area contributed by atoms with Crippen molar-refractivity contribution in [3.63, 3.8) is 0 Å². The number of hydrogen-bond donors (Lipinski definition) is 0. The van der Waals surface area contributed by atoms with Crippen molar-refractivity contribution in [1.29, 1.82) is 0 Å². The number of esters is 6. The molecule has 1 saturated heterocycles. The number of carbonyl (C=O) groups excluding carboxylic acids is 7. The predicted octanol–water partition coefficient (Wildman–Crippen LogP) is 13.4. The SMILES string of the molecule is CCCCCCCCC(=O)OCC(COC(=O)CCCCCCCC)CC(=O)OC[C@H]1CC[C@@H](COC(=O)CC(COC(=O)CCCCCCCC)COC(=O)CCCCCCCC)N1C(=O)OCCN(CCC)CCC. The third-order valence-corrected chi connectivity index (χ3v) is 14.2. The fraction of sp³-hybridized carbons (Fsp3) is 0.885. The Morgan fingerprint density at radius 3 is 0.961 bits per heavy atom. The molecule has 0 unspecified atom stereocenters. The Balaban J connectivity index is 3.10. The van der Waals surface area contributed by atoms with Gasteiger partial charge in [0.05, 0.1) is 51.4 Å². The van der Waals surface area contributed by atoms with E-state index in [9.17, 15) is 33.6 Å². The van der Waals surface area contributed by atoms with Crippen molar-refractivity contribution >= 4 is 41.9 Å². The molecule has 0 spiro atoms. The van der Waals surface area contributed by atoms with E-state index in [1.165, 1.54) is 30.6 Å². The molecule has 0 aromatic carbocycles. The van der Waals surface area contributed by atoms with Gasteiger partial charge in [0, 0.05) is 44.1 Å². The Kier molecular flexibility index (Phi) is 45.3. The van der Waals surface area contributed by atoms with Crippen molar-refractivity contribution in [3.05, 3.63) is 0 Å². The second kappa shape index (κ2) is 49.1. The van der Waals surface area contributed by atoms with Gasteiger partial charge < -0.3 is 33.2 Å². The topological polar surface area (TPSA) is 191 Å². The highest BCUT2D eigenvalue weighted by Crippen LogP contribution is 2.27. The highest BCUT2D eigenvalue weighted by Gasteiger charge is 2.40. The van der Waals surface area contributed by atoms with Crippen LogP contribution < -0.4 is 0 Å². The quantitative estimate of drug-likeness (QED) is 0.0317. The van der Waals surface area contributed by atoms with Crippen molar-refractivity contribution in [2.24, 2.45) is 11.8 Å². The molecule has 448 valence electrons. The molecule has 0 aromatic heterocycles. The Labute approximate surface area is 466 Å². The second-order valence-corrected chi connectivity index (χ2v) is 21.6. The van der Waals surface area contributed by atoms with Crippen molar-refractivity contribution in [3.8, 4) is 0 Å². The van der Waals surface area contributed by atoms with E-state index in [4.69, 9.17) is 33.2 Å². The Morgan fingerprint density at radius 1 is 0.364 bits per heavy atom. The van der Waals surface area contributed by atoms with Crippen LogP contribution in [0.25, 0.3) is 0 Å². The van der Waals surface area contributed by atoms with Crippen LogP contribution >= 0.6 is 0 Å². The molecule has 0 aliphatic carbocycles. The van der Waals surface area contributed by atoms with Gasteiger partial charge in [0.1, 0.15) is 19.8 Å². The lowest BCUT2D eigenvalue weighted by Crippen LogP contribution is -2.46. The third-order valence-electron chi connectivity index (χ3n) is 14.2. The van der Waals surface area contributed by atoms with E-state index in [0.29, 0.717) is 45.1 Å². The first kappa shape index (κ1) is 71.1. The van der Waals surface area contributed by atoms with Crippen molar-refractivity contribution in [2.45, 2.75) is 272 Å². The molecule has 1 aliphatic heterocycles. The van der Waals surface area contributed by atoms with Gasteiger partial charge in [-0.15, -0.1) is 0 Å². The summed E-state index contributed by atoms with van der Waals surface area (Å²) >= 11 is 0. The lowest BCUT2D eigenvalue weighted by atomic mass is 10.1. The molecule has 2 atom stereocenters. The zero-order valence-electron chi connectivity index (χ0n) is 49.5. The van der Waals surface area contributed by atoms with Gasteiger partial charge in [-0.2, -0.15) is 0 Å². The number of carbonyl (C=O) groups is 7. The third kappa shape index (κ3) is 39.1. The lowest BCUT2D eigenvalue weighted by molar-refractivity contribution is -0.155. The van der Waals surface area contributed by atoms with Gasteiger partial charge >= 0.3 is 41.9 Å². The normalized spacial score (nSPS) is 14.3. The number of rotatable bonds is 51. The largest absolute Gasteiger partial charge is 0.465 e. The number of unbranched alkanes of at least 4 members (excludes halogenated alkanes) is 20. The van der Waals surface area contributed by atoms with Gasteiger partial charge in [-0.1, -0.05) is 170 Å².